The molecule has 1 amide bonds. The van der Waals surface area contributed by atoms with E-state index in [2.05, 4.69) is 0 Å². The predicted octanol–water partition coefficient (Wildman–Crippen LogP) is 3.93. The van der Waals surface area contributed by atoms with E-state index in [0.717, 1.165) is 11.8 Å². The van der Waals surface area contributed by atoms with Crippen molar-refractivity contribution in [2.75, 3.05) is 7.05 Å². The lowest BCUT2D eigenvalue weighted by atomic mass is 9.91. The van der Waals surface area contributed by atoms with E-state index in [0.29, 0.717) is 10.6 Å². The standard InChI is InChI=1S/C16H22ClNO3/c1-11-9-12(7-8-13(11)17)16(5,10-19)18(6)14(20)21-15(2,3)4/h7-10H,1-6H3. The van der Waals surface area contributed by atoms with Crippen molar-refractivity contribution in [1.29, 1.82) is 0 Å². The Morgan fingerprint density at radius 2 is 1.86 bits per heavy atom. The minimum absolute atomic E-state index is 0.551. The number of rotatable bonds is 3. The first-order chi connectivity index (χ1) is 9.51. The van der Waals surface area contributed by atoms with E-state index in [1.807, 2.05) is 6.92 Å². The molecule has 5 heteroatoms. The number of amides is 1. The first-order valence-electron chi connectivity index (χ1n) is 6.71. The van der Waals surface area contributed by atoms with Gasteiger partial charge in [0, 0.05) is 12.1 Å². The molecule has 0 spiro atoms. The van der Waals surface area contributed by atoms with Gasteiger partial charge in [-0.15, -0.1) is 0 Å². The fraction of sp³-hybridized carbons (Fsp3) is 0.500. The summed E-state index contributed by atoms with van der Waals surface area (Å²) in [6.45, 7) is 8.87. The molecular weight excluding hydrogens is 290 g/mol. The molecule has 0 saturated heterocycles. The molecule has 0 aliphatic carbocycles. The van der Waals surface area contributed by atoms with Gasteiger partial charge in [-0.1, -0.05) is 23.7 Å². The molecule has 116 valence electrons. The number of hydrogen-bond donors (Lipinski definition) is 0. The van der Waals surface area contributed by atoms with Crippen LogP contribution in [-0.2, 0) is 15.1 Å². The summed E-state index contributed by atoms with van der Waals surface area (Å²) in [4.78, 5) is 25.2. The second-order valence-electron chi connectivity index (χ2n) is 6.27. The molecule has 21 heavy (non-hydrogen) atoms. The zero-order valence-corrected chi connectivity index (χ0v) is 14.1. The van der Waals surface area contributed by atoms with Gasteiger partial charge >= 0.3 is 6.09 Å². The number of benzene rings is 1. The molecule has 1 aromatic rings. The van der Waals surface area contributed by atoms with Crippen molar-refractivity contribution in [3.63, 3.8) is 0 Å². The van der Waals surface area contributed by atoms with Crippen LogP contribution in [0.5, 0.6) is 0 Å². The number of carbonyl (C=O) groups excluding carboxylic acids is 2. The number of halogens is 1. The van der Waals surface area contributed by atoms with Crippen molar-refractivity contribution in [2.45, 2.75) is 45.8 Å². The van der Waals surface area contributed by atoms with Gasteiger partial charge in [0.15, 0.2) is 0 Å². The Labute approximate surface area is 131 Å². The van der Waals surface area contributed by atoms with E-state index in [-0.39, 0.29) is 0 Å². The Balaban J connectivity index is 3.16. The van der Waals surface area contributed by atoms with Gasteiger partial charge in [0.25, 0.3) is 0 Å². The largest absolute Gasteiger partial charge is 0.444 e. The molecule has 0 aliphatic heterocycles. The minimum Gasteiger partial charge on any atom is -0.444 e. The Bertz CT molecular complexity index is 551. The van der Waals surface area contributed by atoms with Crippen LogP contribution in [0.1, 0.15) is 38.8 Å². The second-order valence-corrected chi connectivity index (χ2v) is 6.68. The summed E-state index contributed by atoms with van der Waals surface area (Å²) in [5.74, 6) is 0. The lowest BCUT2D eigenvalue weighted by molar-refractivity contribution is -0.117. The molecule has 4 nitrogen and oxygen atoms in total. The van der Waals surface area contributed by atoms with Crippen LogP contribution in [0.2, 0.25) is 5.02 Å². The summed E-state index contributed by atoms with van der Waals surface area (Å²) in [5, 5.41) is 0.618. The van der Waals surface area contributed by atoms with Crippen molar-refractivity contribution < 1.29 is 14.3 Å². The van der Waals surface area contributed by atoms with Crippen LogP contribution < -0.4 is 0 Å². The van der Waals surface area contributed by atoms with E-state index in [4.69, 9.17) is 16.3 Å². The lowest BCUT2D eigenvalue weighted by Gasteiger charge is -2.36. The number of ether oxygens (including phenoxy) is 1. The molecule has 0 radical (unpaired) electrons. The fourth-order valence-electron chi connectivity index (χ4n) is 1.82. The average Bonchev–Trinajstić information content (AvgIpc) is 2.38. The average molecular weight is 312 g/mol. The maximum atomic E-state index is 12.2. The number of nitrogens with zero attached hydrogens (tertiary/aromatic N) is 1. The monoisotopic (exact) mass is 311 g/mol. The summed E-state index contributed by atoms with van der Waals surface area (Å²) in [6.07, 6.45) is 0.185. The summed E-state index contributed by atoms with van der Waals surface area (Å²) >= 11 is 6.01. The maximum Gasteiger partial charge on any atom is 0.411 e. The fourth-order valence-corrected chi connectivity index (χ4v) is 1.94. The van der Waals surface area contributed by atoms with Crippen LogP contribution >= 0.6 is 11.6 Å². The molecule has 0 saturated carbocycles. The normalized spacial score (nSPS) is 14.2. The van der Waals surface area contributed by atoms with Crippen molar-refractivity contribution in [2.24, 2.45) is 0 Å². The highest BCUT2D eigenvalue weighted by molar-refractivity contribution is 6.31. The summed E-state index contributed by atoms with van der Waals surface area (Å²) in [6, 6.07) is 5.26. The quantitative estimate of drug-likeness (QED) is 0.795. The molecule has 0 fully saturated rings. The molecule has 1 aromatic carbocycles. The number of aryl methyl sites for hydroxylation is 1. The van der Waals surface area contributed by atoms with Crippen LogP contribution in [0.15, 0.2) is 18.2 Å². The van der Waals surface area contributed by atoms with Crippen molar-refractivity contribution >= 4 is 24.0 Å². The molecule has 1 atom stereocenters. The molecule has 0 aliphatic rings. The van der Waals surface area contributed by atoms with E-state index in [9.17, 15) is 9.59 Å². The highest BCUT2D eigenvalue weighted by Crippen LogP contribution is 2.29. The Hall–Kier alpha value is -1.55. The minimum atomic E-state index is -1.11. The number of hydrogen-bond acceptors (Lipinski definition) is 3. The van der Waals surface area contributed by atoms with Gasteiger partial charge in [-0.05, 0) is 51.8 Å². The van der Waals surface area contributed by atoms with Crippen molar-refractivity contribution in [3.05, 3.63) is 34.3 Å². The summed E-state index contributed by atoms with van der Waals surface area (Å²) < 4.78 is 5.32. The van der Waals surface area contributed by atoms with E-state index in [1.165, 1.54) is 4.90 Å². The van der Waals surface area contributed by atoms with Crippen LogP contribution in [-0.4, -0.2) is 29.9 Å². The highest BCUT2D eigenvalue weighted by Gasteiger charge is 2.36. The first-order valence-corrected chi connectivity index (χ1v) is 7.09. The van der Waals surface area contributed by atoms with Gasteiger partial charge < -0.3 is 9.53 Å². The highest BCUT2D eigenvalue weighted by atomic mass is 35.5. The smallest absolute Gasteiger partial charge is 0.411 e. The summed E-state index contributed by atoms with van der Waals surface area (Å²) in [5.41, 5.74) is -0.199. The van der Waals surface area contributed by atoms with Gasteiger partial charge in [-0.3, -0.25) is 4.90 Å². The van der Waals surface area contributed by atoms with Gasteiger partial charge in [0.1, 0.15) is 17.4 Å². The molecule has 1 rings (SSSR count). The van der Waals surface area contributed by atoms with Crippen LogP contribution in [0.3, 0.4) is 0 Å². The SMILES string of the molecule is Cc1cc(C(C)(C=O)N(C)C(=O)OC(C)(C)C)ccc1Cl. The first kappa shape index (κ1) is 17.5. The Morgan fingerprint density at radius 1 is 1.29 bits per heavy atom. The van der Waals surface area contributed by atoms with E-state index < -0.39 is 17.2 Å². The zero-order chi connectivity index (χ0) is 16.4. The van der Waals surface area contributed by atoms with Gasteiger partial charge in [-0.25, -0.2) is 4.79 Å². The molecule has 0 aromatic heterocycles. The van der Waals surface area contributed by atoms with E-state index >= 15 is 0 Å². The molecule has 0 bridgehead atoms. The Morgan fingerprint density at radius 3 is 2.29 bits per heavy atom. The second kappa shape index (κ2) is 6.06. The number of carbonyl (C=O) groups is 2. The van der Waals surface area contributed by atoms with Crippen molar-refractivity contribution in [3.8, 4) is 0 Å². The molecule has 0 heterocycles. The van der Waals surface area contributed by atoms with Crippen LogP contribution in [0, 0.1) is 6.92 Å². The molecule has 0 N–H and O–H groups in total. The lowest BCUT2D eigenvalue weighted by Crippen LogP contribution is -2.48. The van der Waals surface area contributed by atoms with Crippen molar-refractivity contribution in [1.82, 2.24) is 4.90 Å². The Kier molecular flexibility index (Phi) is 5.05. The maximum absolute atomic E-state index is 12.2. The number of likely N-dealkylation sites (N-methyl/N-ethyl adjacent to an activating group) is 1. The zero-order valence-electron chi connectivity index (χ0n) is 13.4. The third-order valence-corrected chi connectivity index (χ3v) is 3.76. The summed E-state index contributed by atoms with van der Waals surface area (Å²) in [7, 11) is 1.55. The third kappa shape index (κ3) is 3.97. The molecule has 1 unspecified atom stereocenters. The van der Waals surface area contributed by atoms with Crippen LogP contribution in [0.4, 0.5) is 4.79 Å². The van der Waals surface area contributed by atoms with Gasteiger partial charge in [0.2, 0.25) is 0 Å². The van der Waals surface area contributed by atoms with Gasteiger partial charge in [0.05, 0.1) is 0 Å². The number of aldehydes is 1. The predicted molar refractivity (Wildman–Crippen MR) is 83.6 cm³/mol. The van der Waals surface area contributed by atoms with Gasteiger partial charge in [-0.2, -0.15) is 0 Å². The van der Waals surface area contributed by atoms with E-state index in [1.54, 1.807) is 52.9 Å². The third-order valence-electron chi connectivity index (χ3n) is 3.34. The molecular formula is C16H22ClNO3. The van der Waals surface area contributed by atoms with Crippen LogP contribution in [0.25, 0.3) is 0 Å². The topological polar surface area (TPSA) is 46.6 Å².